The highest BCUT2D eigenvalue weighted by atomic mass is 32.1. The van der Waals surface area contributed by atoms with Gasteiger partial charge in [0.25, 0.3) is 5.91 Å². The molecule has 0 aliphatic carbocycles. The number of thiophene rings is 1. The molecule has 0 aromatic carbocycles. The van der Waals surface area contributed by atoms with E-state index in [0.29, 0.717) is 19.6 Å². The summed E-state index contributed by atoms with van der Waals surface area (Å²) in [4.78, 5) is 36.8. The van der Waals surface area contributed by atoms with Crippen LogP contribution in [-0.4, -0.2) is 65.4 Å². The standard InChI is InChI=1S/C20H24N4O2S/c25-19(23-13-11-22(12-14-23)16-6-8-21-9-7-16)17-4-1-2-10-24(17)20(26)18-5-3-15-27-18/h3,5-9,15,17H,1-2,4,10-14H2. The van der Waals surface area contributed by atoms with Gasteiger partial charge in [0.2, 0.25) is 5.91 Å². The van der Waals surface area contributed by atoms with E-state index in [9.17, 15) is 9.59 Å². The summed E-state index contributed by atoms with van der Waals surface area (Å²) >= 11 is 1.44. The van der Waals surface area contributed by atoms with Gasteiger partial charge in [0.1, 0.15) is 6.04 Å². The first-order chi connectivity index (χ1) is 13.2. The molecule has 2 aliphatic rings. The van der Waals surface area contributed by atoms with Crippen molar-refractivity contribution in [3.63, 3.8) is 0 Å². The minimum atomic E-state index is -0.319. The predicted octanol–water partition coefficient (Wildman–Crippen LogP) is 2.49. The van der Waals surface area contributed by atoms with E-state index in [1.807, 2.05) is 34.5 Å². The maximum atomic E-state index is 13.2. The Balaban J connectivity index is 1.41. The molecule has 6 nitrogen and oxygen atoms in total. The summed E-state index contributed by atoms with van der Waals surface area (Å²) in [6, 6.07) is 7.41. The lowest BCUT2D eigenvalue weighted by Gasteiger charge is -2.41. The minimum Gasteiger partial charge on any atom is -0.368 e. The van der Waals surface area contributed by atoms with Crippen LogP contribution in [0.1, 0.15) is 28.9 Å². The Kier molecular flexibility index (Phi) is 5.38. The second-order valence-corrected chi connectivity index (χ2v) is 7.95. The van der Waals surface area contributed by atoms with Gasteiger partial charge >= 0.3 is 0 Å². The van der Waals surface area contributed by atoms with Gasteiger partial charge < -0.3 is 14.7 Å². The van der Waals surface area contributed by atoms with Gasteiger partial charge in [0.15, 0.2) is 0 Å². The molecule has 142 valence electrons. The number of anilines is 1. The minimum absolute atomic E-state index is 0.00142. The fraction of sp³-hybridized carbons (Fsp3) is 0.450. The first-order valence-corrected chi connectivity index (χ1v) is 10.4. The number of rotatable bonds is 3. The molecular weight excluding hydrogens is 360 g/mol. The fourth-order valence-corrected chi connectivity index (χ4v) is 4.60. The number of aromatic nitrogens is 1. The normalized spacial score (nSPS) is 20.6. The van der Waals surface area contributed by atoms with Crippen LogP contribution >= 0.6 is 11.3 Å². The van der Waals surface area contributed by atoms with Gasteiger partial charge in [-0.15, -0.1) is 11.3 Å². The van der Waals surface area contributed by atoms with Crippen LogP contribution in [0, 0.1) is 0 Å². The van der Waals surface area contributed by atoms with Gasteiger partial charge in [-0.05, 0) is 42.8 Å². The molecule has 27 heavy (non-hydrogen) atoms. The van der Waals surface area contributed by atoms with E-state index in [0.717, 1.165) is 42.9 Å². The van der Waals surface area contributed by atoms with E-state index in [1.54, 1.807) is 17.3 Å². The summed E-state index contributed by atoms with van der Waals surface area (Å²) in [7, 11) is 0. The van der Waals surface area contributed by atoms with Crippen LogP contribution in [0.2, 0.25) is 0 Å². The van der Waals surface area contributed by atoms with Crippen LogP contribution in [0.4, 0.5) is 5.69 Å². The summed E-state index contributed by atoms with van der Waals surface area (Å²) in [5, 5.41) is 1.91. The lowest BCUT2D eigenvalue weighted by molar-refractivity contribution is -0.137. The second kappa shape index (κ2) is 8.08. The Bertz CT molecular complexity index is 773. The largest absolute Gasteiger partial charge is 0.368 e. The Morgan fingerprint density at radius 2 is 1.78 bits per heavy atom. The maximum Gasteiger partial charge on any atom is 0.264 e. The fourth-order valence-electron chi connectivity index (χ4n) is 3.92. The summed E-state index contributed by atoms with van der Waals surface area (Å²) in [6.45, 7) is 3.67. The van der Waals surface area contributed by atoms with Crippen molar-refractivity contribution >= 4 is 28.8 Å². The van der Waals surface area contributed by atoms with Crippen molar-refractivity contribution in [1.82, 2.24) is 14.8 Å². The molecule has 0 bridgehead atoms. The predicted molar refractivity (Wildman–Crippen MR) is 106 cm³/mol. The summed E-state index contributed by atoms with van der Waals surface area (Å²) in [6.07, 6.45) is 6.32. The quantitative estimate of drug-likeness (QED) is 0.816. The number of pyridine rings is 1. The smallest absolute Gasteiger partial charge is 0.264 e. The molecule has 2 aromatic rings. The molecule has 7 heteroatoms. The van der Waals surface area contributed by atoms with Gasteiger partial charge in [-0.3, -0.25) is 14.6 Å². The molecule has 2 aromatic heterocycles. The molecule has 1 unspecified atom stereocenters. The summed E-state index contributed by atoms with van der Waals surface area (Å²) < 4.78 is 0. The first-order valence-electron chi connectivity index (χ1n) is 9.52. The lowest BCUT2D eigenvalue weighted by Crippen LogP contribution is -2.57. The SMILES string of the molecule is O=C(C1CCCCN1C(=O)c1cccs1)N1CCN(c2ccncc2)CC1. The Morgan fingerprint density at radius 1 is 1.00 bits per heavy atom. The highest BCUT2D eigenvalue weighted by Crippen LogP contribution is 2.24. The number of carbonyl (C=O) groups excluding carboxylic acids is 2. The zero-order chi connectivity index (χ0) is 18.6. The molecule has 0 spiro atoms. The molecule has 0 N–H and O–H groups in total. The average molecular weight is 385 g/mol. The van der Waals surface area contributed by atoms with Gasteiger partial charge in [0.05, 0.1) is 4.88 Å². The van der Waals surface area contributed by atoms with Gasteiger partial charge in [-0.2, -0.15) is 0 Å². The number of hydrogen-bond donors (Lipinski definition) is 0. The summed E-state index contributed by atoms with van der Waals surface area (Å²) in [5.74, 6) is 0.104. The van der Waals surface area contributed by atoms with Crippen LogP contribution < -0.4 is 4.90 Å². The van der Waals surface area contributed by atoms with Crippen LogP contribution in [-0.2, 0) is 4.79 Å². The van der Waals surface area contributed by atoms with Crippen molar-refractivity contribution in [3.8, 4) is 0 Å². The lowest BCUT2D eigenvalue weighted by atomic mass is 10.00. The maximum absolute atomic E-state index is 13.2. The van der Waals surface area contributed by atoms with Crippen molar-refractivity contribution < 1.29 is 9.59 Å². The highest BCUT2D eigenvalue weighted by Gasteiger charge is 2.36. The molecule has 2 amide bonds. The zero-order valence-corrected chi connectivity index (χ0v) is 16.1. The number of carbonyl (C=O) groups is 2. The number of nitrogens with zero attached hydrogens (tertiary/aromatic N) is 4. The van der Waals surface area contributed by atoms with Crippen LogP contribution in [0.3, 0.4) is 0 Å². The highest BCUT2D eigenvalue weighted by molar-refractivity contribution is 7.12. The van der Waals surface area contributed by atoms with E-state index < -0.39 is 0 Å². The molecule has 1 atom stereocenters. The third-order valence-corrected chi connectivity index (χ3v) is 6.26. The molecule has 0 radical (unpaired) electrons. The zero-order valence-electron chi connectivity index (χ0n) is 15.3. The van der Waals surface area contributed by atoms with Crippen molar-refractivity contribution in [2.45, 2.75) is 25.3 Å². The van der Waals surface area contributed by atoms with Crippen molar-refractivity contribution in [2.75, 3.05) is 37.6 Å². The van der Waals surface area contributed by atoms with Crippen LogP contribution in [0.25, 0.3) is 0 Å². The van der Waals surface area contributed by atoms with E-state index >= 15 is 0 Å². The van der Waals surface area contributed by atoms with E-state index in [2.05, 4.69) is 9.88 Å². The first kappa shape index (κ1) is 18.0. The summed E-state index contributed by atoms with van der Waals surface area (Å²) in [5.41, 5.74) is 1.14. The molecule has 4 rings (SSSR count). The average Bonchev–Trinajstić information content (AvgIpc) is 3.28. The van der Waals surface area contributed by atoms with Gasteiger partial charge in [0, 0.05) is 50.8 Å². The van der Waals surface area contributed by atoms with Crippen LogP contribution in [0.15, 0.2) is 42.0 Å². The molecule has 0 saturated carbocycles. The molecule has 2 aliphatic heterocycles. The Hall–Kier alpha value is -2.41. The molecule has 2 saturated heterocycles. The number of piperidine rings is 1. The molecule has 4 heterocycles. The van der Waals surface area contributed by atoms with Gasteiger partial charge in [-0.25, -0.2) is 0 Å². The van der Waals surface area contributed by atoms with Crippen molar-refractivity contribution in [2.24, 2.45) is 0 Å². The van der Waals surface area contributed by atoms with E-state index in [4.69, 9.17) is 0 Å². The number of piperazine rings is 1. The number of hydrogen-bond acceptors (Lipinski definition) is 5. The van der Waals surface area contributed by atoms with E-state index in [-0.39, 0.29) is 17.9 Å². The third-order valence-electron chi connectivity index (χ3n) is 5.40. The number of likely N-dealkylation sites (tertiary alicyclic amines) is 1. The number of amides is 2. The van der Waals surface area contributed by atoms with Crippen molar-refractivity contribution in [3.05, 3.63) is 46.9 Å². The second-order valence-electron chi connectivity index (χ2n) is 7.01. The van der Waals surface area contributed by atoms with Crippen molar-refractivity contribution in [1.29, 1.82) is 0 Å². The Morgan fingerprint density at radius 3 is 2.48 bits per heavy atom. The van der Waals surface area contributed by atoms with Crippen LogP contribution in [0.5, 0.6) is 0 Å². The monoisotopic (exact) mass is 384 g/mol. The molecule has 2 fully saturated rings. The Labute approximate surface area is 163 Å². The third kappa shape index (κ3) is 3.83. The topological polar surface area (TPSA) is 56.8 Å². The molecular formula is C20H24N4O2S. The van der Waals surface area contributed by atoms with E-state index in [1.165, 1.54) is 11.3 Å². The van der Waals surface area contributed by atoms with Gasteiger partial charge in [-0.1, -0.05) is 6.07 Å².